The maximum absolute atomic E-state index is 13.3. The van der Waals surface area contributed by atoms with Gasteiger partial charge in [-0.05, 0) is 294 Å². The molecule has 1 aliphatic carbocycles. The molecule has 0 N–H and O–H groups in total. The predicted molar refractivity (Wildman–Crippen MR) is 371 cm³/mol. The standard InChI is InChI=1S/C42H52O4.C40H54/c1-11-23-24(12-2)26(14-4)32-20-34-28(16-6)36-22-38-30(18-8)40(42(44)46-10)39(41(43)45-9)29(17-7)37(38)21-35(36)27(15-5)33(34)19-31(32)25(23)13-3;1-9-17-21-25-33-34(26-22-18-10-2)36(24-20-12-4)40-28-38-32(16-8)30(14-6)29(13-5)31(15-7)37(38)27-39(40)35(33)23-19-11-3/h19-20H,11-18,21-22H2,1-10H3;27-28H,9-16,19-20,23-26H2,1-8H3. The minimum atomic E-state index is -0.465. The van der Waals surface area contributed by atoms with Crippen LogP contribution in [0.1, 0.15) is 281 Å². The Morgan fingerprint density at radius 1 is 0.314 bits per heavy atom. The number of fused-ring (bicyclic) bond motifs is 6. The Kier molecular flexibility index (Phi) is 24.2. The van der Waals surface area contributed by atoms with Crippen LogP contribution < -0.4 is 0 Å². The average Bonchev–Trinajstić information content (AvgIpc) is 0.749. The van der Waals surface area contributed by atoms with Gasteiger partial charge in [0.05, 0.1) is 25.3 Å². The lowest BCUT2D eigenvalue weighted by molar-refractivity contribution is 0.0553. The Balaban J connectivity index is 0.000000249. The molecule has 1 aliphatic rings. The molecule has 0 aromatic heterocycles. The van der Waals surface area contributed by atoms with Crippen molar-refractivity contribution in [3.05, 3.63) is 147 Å². The zero-order chi connectivity index (χ0) is 62.5. The Morgan fingerprint density at radius 3 is 0.791 bits per heavy atom. The SMILES string of the molecule is CCC#CCc1c(CC#CCC)c(CCCC)c2cc3c(CC)c(CC)c(CC)c(CC)c3cc2c1CCCC.CCc1c2c(c(CC)c(C(=O)OC)c1C(=O)OC)Cc1c(c(CC)c3cc4c(CC)c(CC)c(CC)c(CC)c4cc3c1CC)C2. The quantitative estimate of drug-likeness (QED) is 0.0385. The van der Waals surface area contributed by atoms with Gasteiger partial charge in [-0.3, -0.25) is 0 Å². The maximum Gasteiger partial charge on any atom is 0.339 e. The summed E-state index contributed by atoms with van der Waals surface area (Å²) in [6.07, 6.45) is 23.9. The number of benzene rings is 7. The second kappa shape index (κ2) is 31.0. The van der Waals surface area contributed by atoms with Crippen LogP contribution in [0.25, 0.3) is 43.1 Å². The Labute approximate surface area is 520 Å². The normalized spacial score (nSPS) is 11.7. The fourth-order valence-corrected chi connectivity index (χ4v) is 16.0. The first-order chi connectivity index (χ1) is 41.8. The molecule has 0 amide bonds. The van der Waals surface area contributed by atoms with Crippen molar-refractivity contribution in [2.75, 3.05) is 14.2 Å². The van der Waals surface area contributed by atoms with E-state index in [9.17, 15) is 9.59 Å². The molecule has 458 valence electrons. The fourth-order valence-electron chi connectivity index (χ4n) is 16.0. The minimum absolute atomic E-state index is 0.384. The molecule has 8 rings (SSSR count). The van der Waals surface area contributed by atoms with Gasteiger partial charge in [-0.15, -0.1) is 11.8 Å². The van der Waals surface area contributed by atoms with Gasteiger partial charge >= 0.3 is 11.9 Å². The first-order valence-corrected chi connectivity index (χ1v) is 34.2. The molecule has 0 unspecified atom stereocenters. The van der Waals surface area contributed by atoms with Crippen molar-refractivity contribution in [3.63, 3.8) is 0 Å². The van der Waals surface area contributed by atoms with Crippen LogP contribution in [0.2, 0.25) is 0 Å². The molecule has 0 bridgehead atoms. The second-order valence-electron chi connectivity index (χ2n) is 23.8. The molecule has 0 heterocycles. The molecule has 0 saturated heterocycles. The summed E-state index contributed by atoms with van der Waals surface area (Å²) >= 11 is 0. The van der Waals surface area contributed by atoms with E-state index in [4.69, 9.17) is 9.47 Å². The van der Waals surface area contributed by atoms with Gasteiger partial charge in [0.2, 0.25) is 0 Å². The summed E-state index contributed by atoms with van der Waals surface area (Å²) in [5.74, 6) is 13.0. The highest BCUT2D eigenvalue weighted by atomic mass is 16.5. The summed E-state index contributed by atoms with van der Waals surface area (Å²) in [6, 6.07) is 10.3. The van der Waals surface area contributed by atoms with Crippen LogP contribution in [0.15, 0.2) is 24.3 Å². The van der Waals surface area contributed by atoms with Gasteiger partial charge < -0.3 is 9.47 Å². The minimum Gasteiger partial charge on any atom is -0.465 e. The molecular weight excluding hydrogens is 1050 g/mol. The molecule has 0 aliphatic heterocycles. The van der Waals surface area contributed by atoms with Crippen molar-refractivity contribution >= 4 is 55.0 Å². The Morgan fingerprint density at radius 2 is 0.558 bits per heavy atom. The average molecular weight is 1160 g/mol. The lowest BCUT2D eigenvalue weighted by Gasteiger charge is -2.32. The third-order valence-corrected chi connectivity index (χ3v) is 19.7. The summed E-state index contributed by atoms with van der Waals surface area (Å²) in [7, 11) is 2.79. The lowest BCUT2D eigenvalue weighted by Crippen LogP contribution is -2.24. The van der Waals surface area contributed by atoms with E-state index in [1.165, 1.54) is 139 Å². The van der Waals surface area contributed by atoms with E-state index in [-0.39, 0.29) is 0 Å². The number of unbranched alkanes of at least 4 members (excludes halogenated alkanes) is 2. The van der Waals surface area contributed by atoms with E-state index < -0.39 is 11.9 Å². The van der Waals surface area contributed by atoms with Crippen LogP contribution >= 0.6 is 0 Å². The molecule has 0 atom stereocenters. The first kappa shape index (κ1) is 67.2. The third kappa shape index (κ3) is 12.4. The molecule has 4 heteroatoms. The Hall–Kier alpha value is -6.36. The molecule has 0 fully saturated rings. The smallest absolute Gasteiger partial charge is 0.339 e. The lowest BCUT2D eigenvalue weighted by atomic mass is 9.72. The van der Waals surface area contributed by atoms with Crippen LogP contribution in [0.3, 0.4) is 0 Å². The van der Waals surface area contributed by atoms with Crippen molar-refractivity contribution in [2.45, 2.75) is 265 Å². The third-order valence-electron chi connectivity index (χ3n) is 19.7. The van der Waals surface area contributed by atoms with Crippen molar-refractivity contribution in [1.82, 2.24) is 0 Å². The zero-order valence-corrected chi connectivity index (χ0v) is 56.9. The number of aryl methyl sites for hydroxylation is 8. The molecular formula is C82H106O4. The number of carbonyl (C=O) groups excluding carboxylic acids is 2. The first-order valence-electron chi connectivity index (χ1n) is 34.2. The van der Waals surface area contributed by atoms with Crippen LogP contribution in [0.5, 0.6) is 0 Å². The van der Waals surface area contributed by atoms with Crippen molar-refractivity contribution < 1.29 is 19.1 Å². The van der Waals surface area contributed by atoms with E-state index in [2.05, 4.69) is 159 Å². The molecule has 0 spiro atoms. The predicted octanol–water partition coefficient (Wildman–Crippen LogP) is 20.4. The van der Waals surface area contributed by atoms with Gasteiger partial charge in [0.15, 0.2) is 0 Å². The van der Waals surface area contributed by atoms with Gasteiger partial charge in [-0.2, -0.15) is 0 Å². The highest BCUT2D eigenvalue weighted by Crippen LogP contribution is 2.46. The van der Waals surface area contributed by atoms with E-state index in [0.29, 0.717) is 24.0 Å². The van der Waals surface area contributed by atoms with E-state index >= 15 is 0 Å². The maximum atomic E-state index is 13.3. The largest absolute Gasteiger partial charge is 0.465 e. The molecule has 86 heavy (non-hydrogen) atoms. The summed E-state index contributed by atoms with van der Waals surface area (Å²) < 4.78 is 10.6. The Bertz CT molecular complexity index is 3550. The van der Waals surface area contributed by atoms with E-state index in [1.54, 1.807) is 44.5 Å². The van der Waals surface area contributed by atoms with Gasteiger partial charge in [0.25, 0.3) is 0 Å². The summed E-state index contributed by atoms with van der Waals surface area (Å²) in [5.41, 5.74) is 29.2. The number of rotatable bonds is 22. The zero-order valence-electron chi connectivity index (χ0n) is 56.9. The van der Waals surface area contributed by atoms with E-state index in [0.717, 1.165) is 127 Å². The van der Waals surface area contributed by atoms with Gasteiger partial charge in [0.1, 0.15) is 0 Å². The second-order valence-corrected chi connectivity index (χ2v) is 23.8. The van der Waals surface area contributed by atoms with Gasteiger partial charge in [-0.1, -0.05) is 135 Å². The molecule has 0 saturated carbocycles. The van der Waals surface area contributed by atoms with Crippen LogP contribution in [-0.2, 0) is 125 Å². The van der Waals surface area contributed by atoms with Crippen LogP contribution in [0.4, 0.5) is 0 Å². The van der Waals surface area contributed by atoms with Crippen molar-refractivity contribution in [1.29, 1.82) is 0 Å². The molecule has 7 aromatic rings. The van der Waals surface area contributed by atoms with Crippen molar-refractivity contribution in [3.8, 4) is 23.7 Å². The van der Waals surface area contributed by atoms with Gasteiger partial charge in [0, 0.05) is 25.7 Å². The summed E-state index contributed by atoms with van der Waals surface area (Å²) in [6.45, 7) is 36.3. The summed E-state index contributed by atoms with van der Waals surface area (Å²) in [5, 5.41) is 11.6. The number of hydrogen-bond acceptors (Lipinski definition) is 4. The number of hydrogen-bond donors (Lipinski definition) is 0. The molecule has 7 aromatic carbocycles. The van der Waals surface area contributed by atoms with Crippen molar-refractivity contribution in [2.24, 2.45) is 0 Å². The number of methoxy groups -OCH3 is 2. The van der Waals surface area contributed by atoms with Gasteiger partial charge in [-0.25, -0.2) is 9.59 Å². The topological polar surface area (TPSA) is 52.6 Å². The van der Waals surface area contributed by atoms with Crippen LogP contribution in [0, 0.1) is 23.7 Å². The van der Waals surface area contributed by atoms with E-state index in [1.807, 2.05) is 0 Å². The fraction of sp³-hybridized carbons (Fsp3) is 0.512. The number of carbonyl (C=O) groups is 2. The number of esters is 2. The van der Waals surface area contributed by atoms with Crippen LogP contribution in [-0.4, -0.2) is 26.2 Å². The molecule has 0 radical (unpaired) electrons. The summed E-state index contributed by atoms with van der Waals surface area (Å²) in [4.78, 5) is 26.7. The monoisotopic (exact) mass is 1150 g/mol. The highest BCUT2D eigenvalue weighted by molar-refractivity contribution is 6.09. The number of ether oxygens (including phenoxy) is 2. The highest BCUT2D eigenvalue weighted by Gasteiger charge is 2.35. The molecule has 4 nitrogen and oxygen atoms in total.